The number of piperazine rings is 1. The Hall–Kier alpha value is -1.89. The SMILES string of the molecule is CNC(=O)C1CN(C(=O)c2n[nH]c3c2CCCC3)CCN1C(C)C. The smallest absolute Gasteiger partial charge is 0.274 e. The fourth-order valence-electron chi connectivity index (χ4n) is 3.81. The number of hydrogen-bond acceptors (Lipinski definition) is 4. The number of aromatic nitrogens is 2. The minimum absolute atomic E-state index is 0.0368. The van der Waals surface area contributed by atoms with Crippen LogP contribution >= 0.6 is 0 Å². The molecule has 1 saturated heterocycles. The summed E-state index contributed by atoms with van der Waals surface area (Å²) in [4.78, 5) is 29.2. The minimum atomic E-state index is -0.303. The zero-order valence-corrected chi connectivity index (χ0v) is 14.8. The van der Waals surface area contributed by atoms with Crippen LogP contribution in [0.1, 0.15) is 48.4 Å². The van der Waals surface area contributed by atoms with E-state index in [4.69, 9.17) is 0 Å². The lowest BCUT2D eigenvalue weighted by Gasteiger charge is -2.42. The van der Waals surface area contributed by atoms with Crippen molar-refractivity contribution in [3.8, 4) is 0 Å². The van der Waals surface area contributed by atoms with Crippen molar-refractivity contribution in [1.29, 1.82) is 0 Å². The summed E-state index contributed by atoms with van der Waals surface area (Å²) in [5.41, 5.74) is 2.74. The van der Waals surface area contributed by atoms with E-state index in [9.17, 15) is 9.59 Å². The molecule has 2 N–H and O–H groups in total. The number of nitrogens with one attached hydrogen (secondary N) is 2. The van der Waals surface area contributed by atoms with Crippen LogP contribution in [0.3, 0.4) is 0 Å². The number of hydrogen-bond donors (Lipinski definition) is 2. The summed E-state index contributed by atoms with van der Waals surface area (Å²) in [6, 6.07) is -0.0369. The van der Waals surface area contributed by atoms with Gasteiger partial charge in [0.25, 0.3) is 5.91 Å². The van der Waals surface area contributed by atoms with Crippen LogP contribution in [0, 0.1) is 0 Å². The first-order chi connectivity index (χ1) is 11.5. The molecule has 2 amide bonds. The normalized spacial score (nSPS) is 21.7. The molecule has 0 aromatic carbocycles. The van der Waals surface area contributed by atoms with Gasteiger partial charge in [0.2, 0.25) is 5.91 Å². The number of aryl methyl sites for hydroxylation is 1. The Morgan fingerprint density at radius 2 is 2.00 bits per heavy atom. The summed E-state index contributed by atoms with van der Waals surface area (Å²) in [7, 11) is 1.64. The first-order valence-electron chi connectivity index (χ1n) is 8.85. The lowest BCUT2D eigenvalue weighted by Crippen LogP contribution is -2.61. The highest BCUT2D eigenvalue weighted by atomic mass is 16.2. The van der Waals surface area contributed by atoms with Crippen molar-refractivity contribution < 1.29 is 9.59 Å². The molecule has 1 aliphatic carbocycles. The van der Waals surface area contributed by atoms with E-state index in [2.05, 4.69) is 34.3 Å². The number of carbonyl (C=O) groups excluding carboxylic acids is 2. The Bertz CT molecular complexity index is 624. The zero-order valence-electron chi connectivity index (χ0n) is 14.8. The van der Waals surface area contributed by atoms with Crippen molar-refractivity contribution in [2.45, 2.75) is 51.6 Å². The maximum absolute atomic E-state index is 13.0. The molecule has 2 heterocycles. The molecule has 7 nitrogen and oxygen atoms in total. The van der Waals surface area contributed by atoms with Gasteiger partial charge in [-0.05, 0) is 39.5 Å². The maximum Gasteiger partial charge on any atom is 0.274 e. The first-order valence-corrected chi connectivity index (χ1v) is 8.85. The molecule has 1 unspecified atom stereocenters. The predicted molar refractivity (Wildman–Crippen MR) is 90.8 cm³/mol. The van der Waals surface area contributed by atoms with Gasteiger partial charge in [-0.1, -0.05) is 0 Å². The largest absolute Gasteiger partial charge is 0.358 e. The van der Waals surface area contributed by atoms with Gasteiger partial charge in [-0.3, -0.25) is 19.6 Å². The molecule has 1 aromatic heterocycles. The number of amides is 2. The molecule has 0 bridgehead atoms. The van der Waals surface area contributed by atoms with E-state index in [1.54, 1.807) is 11.9 Å². The van der Waals surface area contributed by atoms with E-state index >= 15 is 0 Å². The minimum Gasteiger partial charge on any atom is -0.358 e. The zero-order chi connectivity index (χ0) is 17.3. The summed E-state index contributed by atoms with van der Waals surface area (Å²) >= 11 is 0. The highest BCUT2D eigenvalue weighted by Gasteiger charge is 2.36. The van der Waals surface area contributed by atoms with E-state index < -0.39 is 0 Å². The number of rotatable bonds is 3. The standard InChI is InChI=1S/C17H27N5O2/c1-11(2)22-9-8-21(10-14(22)16(23)18-3)17(24)15-12-6-4-5-7-13(12)19-20-15/h11,14H,4-10H2,1-3H3,(H,18,23)(H,19,20). The van der Waals surface area contributed by atoms with Gasteiger partial charge >= 0.3 is 0 Å². The van der Waals surface area contributed by atoms with Gasteiger partial charge in [-0.15, -0.1) is 0 Å². The molecule has 2 aliphatic rings. The molecule has 7 heteroatoms. The number of nitrogens with zero attached hydrogens (tertiary/aromatic N) is 3. The molecule has 1 aromatic rings. The van der Waals surface area contributed by atoms with Crippen molar-refractivity contribution in [1.82, 2.24) is 25.3 Å². The number of H-pyrrole nitrogens is 1. The number of carbonyl (C=O) groups is 2. The Morgan fingerprint density at radius 1 is 1.25 bits per heavy atom. The second-order valence-corrected chi connectivity index (χ2v) is 6.95. The molecule has 0 spiro atoms. The quantitative estimate of drug-likeness (QED) is 0.847. The maximum atomic E-state index is 13.0. The van der Waals surface area contributed by atoms with E-state index in [1.165, 1.54) is 0 Å². The van der Waals surface area contributed by atoms with Crippen LogP contribution in [0.25, 0.3) is 0 Å². The van der Waals surface area contributed by atoms with Crippen LogP contribution in [0.15, 0.2) is 0 Å². The number of fused-ring (bicyclic) bond motifs is 1. The third-order valence-corrected chi connectivity index (χ3v) is 5.18. The summed E-state index contributed by atoms with van der Waals surface area (Å²) in [6.07, 6.45) is 4.14. The van der Waals surface area contributed by atoms with E-state index in [1.807, 2.05) is 0 Å². The van der Waals surface area contributed by atoms with Crippen LogP contribution in [0.5, 0.6) is 0 Å². The van der Waals surface area contributed by atoms with Gasteiger partial charge in [0.15, 0.2) is 5.69 Å². The fraction of sp³-hybridized carbons (Fsp3) is 0.706. The van der Waals surface area contributed by atoms with Crippen molar-refractivity contribution in [2.24, 2.45) is 0 Å². The molecule has 24 heavy (non-hydrogen) atoms. The lowest BCUT2D eigenvalue weighted by atomic mass is 9.95. The van der Waals surface area contributed by atoms with Crippen molar-refractivity contribution in [3.05, 3.63) is 17.0 Å². The van der Waals surface area contributed by atoms with E-state index in [0.717, 1.165) is 36.9 Å². The van der Waals surface area contributed by atoms with E-state index in [-0.39, 0.29) is 23.9 Å². The predicted octanol–water partition coefficient (Wildman–Crippen LogP) is 0.569. The topological polar surface area (TPSA) is 81.3 Å². The molecule has 0 radical (unpaired) electrons. The first kappa shape index (κ1) is 17.0. The molecule has 1 aliphatic heterocycles. The third-order valence-electron chi connectivity index (χ3n) is 5.18. The third kappa shape index (κ3) is 3.05. The Kier molecular flexibility index (Phi) is 4.89. The molecule has 1 fully saturated rings. The van der Waals surface area contributed by atoms with Crippen molar-refractivity contribution >= 4 is 11.8 Å². The second-order valence-electron chi connectivity index (χ2n) is 6.95. The Morgan fingerprint density at radius 3 is 2.71 bits per heavy atom. The molecular formula is C17H27N5O2. The average Bonchev–Trinajstić information content (AvgIpc) is 3.03. The lowest BCUT2D eigenvalue weighted by molar-refractivity contribution is -0.128. The van der Waals surface area contributed by atoms with Gasteiger partial charge in [-0.2, -0.15) is 5.10 Å². The van der Waals surface area contributed by atoms with Crippen LogP contribution in [-0.2, 0) is 17.6 Å². The van der Waals surface area contributed by atoms with Gasteiger partial charge < -0.3 is 10.2 Å². The van der Waals surface area contributed by atoms with Gasteiger partial charge in [0, 0.05) is 44.0 Å². The highest BCUT2D eigenvalue weighted by Crippen LogP contribution is 2.24. The molecule has 3 rings (SSSR count). The summed E-state index contributed by atoms with van der Waals surface area (Å²) in [6.45, 7) is 5.91. The summed E-state index contributed by atoms with van der Waals surface area (Å²) < 4.78 is 0. The molecule has 1 atom stereocenters. The Balaban J connectivity index is 1.78. The van der Waals surface area contributed by atoms with Gasteiger partial charge in [-0.25, -0.2) is 0 Å². The summed E-state index contributed by atoms with van der Waals surface area (Å²) in [5.74, 6) is -0.0861. The van der Waals surface area contributed by atoms with Crippen LogP contribution in [0.4, 0.5) is 0 Å². The number of likely N-dealkylation sites (N-methyl/N-ethyl adjacent to an activating group) is 1. The molecular weight excluding hydrogens is 306 g/mol. The van der Waals surface area contributed by atoms with Gasteiger partial charge in [0.1, 0.15) is 6.04 Å². The van der Waals surface area contributed by atoms with Crippen LogP contribution < -0.4 is 5.32 Å². The number of aromatic amines is 1. The van der Waals surface area contributed by atoms with E-state index in [0.29, 0.717) is 25.3 Å². The monoisotopic (exact) mass is 333 g/mol. The fourth-order valence-corrected chi connectivity index (χ4v) is 3.81. The van der Waals surface area contributed by atoms with Crippen LogP contribution in [0.2, 0.25) is 0 Å². The molecule has 132 valence electrons. The Labute approximate surface area is 142 Å². The molecule has 0 saturated carbocycles. The van der Waals surface area contributed by atoms with Crippen molar-refractivity contribution in [3.63, 3.8) is 0 Å². The van der Waals surface area contributed by atoms with Crippen LogP contribution in [-0.4, -0.2) is 70.6 Å². The summed E-state index contributed by atoms with van der Waals surface area (Å²) in [5, 5.41) is 10.0. The van der Waals surface area contributed by atoms with Gasteiger partial charge in [0.05, 0.1) is 0 Å². The van der Waals surface area contributed by atoms with Crippen molar-refractivity contribution in [2.75, 3.05) is 26.7 Å². The second kappa shape index (κ2) is 6.93. The average molecular weight is 333 g/mol. The highest BCUT2D eigenvalue weighted by molar-refractivity contribution is 5.95.